The number of fused-ring (bicyclic) bond motifs is 2. The molecule has 1 atom stereocenters. The molecule has 2 N–H and O–H groups in total. The maximum atomic E-state index is 12.3. The third-order valence-electron chi connectivity index (χ3n) is 7.53. The van der Waals surface area contributed by atoms with Gasteiger partial charge in [-0.1, -0.05) is 37.6 Å². The smallest absolute Gasteiger partial charge is 0.309 e. The summed E-state index contributed by atoms with van der Waals surface area (Å²) < 4.78 is 17.7. The number of benzene rings is 2. The molecule has 198 valence electrons. The van der Waals surface area contributed by atoms with E-state index in [0.717, 1.165) is 35.4 Å². The van der Waals surface area contributed by atoms with Crippen LogP contribution in [0.1, 0.15) is 69.1 Å². The number of halogens is 1. The van der Waals surface area contributed by atoms with Crippen LogP contribution in [0.15, 0.2) is 36.4 Å². The van der Waals surface area contributed by atoms with E-state index >= 15 is 0 Å². The fourth-order valence-corrected chi connectivity index (χ4v) is 5.91. The van der Waals surface area contributed by atoms with E-state index in [2.05, 4.69) is 36.6 Å². The molecule has 1 saturated carbocycles. The zero-order valence-electron chi connectivity index (χ0n) is 21.5. The van der Waals surface area contributed by atoms with Crippen LogP contribution in [0.3, 0.4) is 0 Å². The van der Waals surface area contributed by atoms with Crippen molar-refractivity contribution in [1.82, 2.24) is 5.32 Å². The lowest BCUT2D eigenvalue weighted by Gasteiger charge is -2.35. The van der Waals surface area contributed by atoms with Gasteiger partial charge in [-0.3, -0.25) is 9.59 Å². The van der Waals surface area contributed by atoms with E-state index in [0.29, 0.717) is 35.5 Å². The Morgan fingerprint density at radius 3 is 2.49 bits per heavy atom. The molecule has 1 spiro atoms. The second kappa shape index (κ2) is 10.5. The summed E-state index contributed by atoms with van der Waals surface area (Å²) in [6.07, 6.45) is 5.56. The Kier molecular flexibility index (Phi) is 7.37. The van der Waals surface area contributed by atoms with Crippen LogP contribution in [0.4, 0.5) is 5.69 Å². The molecule has 5 rings (SSSR count). The predicted octanol–water partition coefficient (Wildman–Crippen LogP) is 5.48. The van der Waals surface area contributed by atoms with Crippen molar-refractivity contribution in [2.24, 2.45) is 5.41 Å². The number of ether oxygens (including phenoxy) is 3. The van der Waals surface area contributed by atoms with Gasteiger partial charge < -0.3 is 24.8 Å². The Labute approximate surface area is 223 Å². The summed E-state index contributed by atoms with van der Waals surface area (Å²) in [6.45, 7) is 6.00. The molecular formula is C29H35ClN2O5. The molecule has 1 aliphatic carbocycles. The van der Waals surface area contributed by atoms with Gasteiger partial charge in [-0.25, -0.2) is 0 Å². The summed E-state index contributed by atoms with van der Waals surface area (Å²) in [7, 11) is 0. The molecule has 2 heterocycles. The van der Waals surface area contributed by atoms with Gasteiger partial charge in [0, 0.05) is 12.1 Å². The fraction of sp³-hybridized carbons (Fsp3) is 0.517. The maximum absolute atomic E-state index is 12.3. The second-order valence-electron chi connectivity index (χ2n) is 11.1. The number of hydrogen-bond acceptors (Lipinski definition) is 7. The first-order valence-electron chi connectivity index (χ1n) is 13.2. The fourth-order valence-electron chi connectivity index (χ4n) is 5.66. The van der Waals surface area contributed by atoms with Crippen molar-refractivity contribution in [3.8, 4) is 5.75 Å². The van der Waals surface area contributed by atoms with Crippen molar-refractivity contribution in [1.29, 1.82) is 0 Å². The number of carbonyl (C=O) groups excluding carboxylic acids is 2. The van der Waals surface area contributed by atoms with Gasteiger partial charge in [0.15, 0.2) is 0 Å². The molecule has 0 aromatic heterocycles. The normalized spacial score (nSPS) is 22.7. The van der Waals surface area contributed by atoms with Crippen molar-refractivity contribution in [3.05, 3.63) is 58.1 Å². The lowest BCUT2D eigenvalue weighted by molar-refractivity contribution is -0.225. The second-order valence-corrected chi connectivity index (χ2v) is 11.5. The Morgan fingerprint density at radius 2 is 1.78 bits per heavy atom. The number of carbonyl (C=O) groups is 2. The monoisotopic (exact) mass is 526 g/mol. The first-order chi connectivity index (χ1) is 17.7. The van der Waals surface area contributed by atoms with Gasteiger partial charge in [-0.05, 0) is 79.5 Å². The van der Waals surface area contributed by atoms with Crippen LogP contribution in [-0.4, -0.2) is 31.1 Å². The van der Waals surface area contributed by atoms with E-state index in [9.17, 15) is 9.59 Å². The zero-order chi connectivity index (χ0) is 26.0. The van der Waals surface area contributed by atoms with E-state index in [1.165, 1.54) is 12.8 Å². The number of esters is 2. The Morgan fingerprint density at radius 1 is 1.05 bits per heavy atom. The number of rotatable bonds is 5. The molecule has 8 heteroatoms. The molecule has 1 unspecified atom stereocenters. The van der Waals surface area contributed by atoms with E-state index in [1.54, 1.807) is 12.1 Å². The zero-order valence-corrected chi connectivity index (χ0v) is 22.3. The largest absolute Gasteiger partial charge is 0.490 e. The summed E-state index contributed by atoms with van der Waals surface area (Å²) in [4.78, 5) is 24.7. The minimum absolute atomic E-state index is 0.00678. The number of hydrogen-bond donors (Lipinski definition) is 2. The van der Waals surface area contributed by atoms with Crippen molar-refractivity contribution < 1.29 is 23.8 Å². The molecular weight excluding hydrogens is 492 g/mol. The minimum atomic E-state index is -1.50. The Hall–Kier alpha value is -2.77. The van der Waals surface area contributed by atoms with Crippen LogP contribution in [0.5, 0.6) is 5.75 Å². The predicted molar refractivity (Wildman–Crippen MR) is 142 cm³/mol. The van der Waals surface area contributed by atoms with Gasteiger partial charge in [0.05, 0.1) is 36.2 Å². The molecule has 2 aromatic carbocycles. The molecule has 2 fully saturated rings. The molecule has 1 saturated heterocycles. The van der Waals surface area contributed by atoms with Gasteiger partial charge in [0.2, 0.25) is 0 Å². The molecule has 0 radical (unpaired) electrons. The highest BCUT2D eigenvalue weighted by Gasteiger charge is 2.46. The highest BCUT2D eigenvalue weighted by molar-refractivity contribution is 6.33. The third-order valence-corrected chi connectivity index (χ3v) is 7.84. The molecule has 2 aromatic rings. The van der Waals surface area contributed by atoms with Crippen LogP contribution in [-0.2, 0) is 37.8 Å². The quantitative estimate of drug-likeness (QED) is 0.499. The van der Waals surface area contributed by atoms with Crippen molar-refractivity contribution in [2.45, 2.75) is 77.2 Å². The van der Waals surface area contributed by atoms with Crippen LogP contribution in [0.2, 0.25) is 5.02 Å². The summed E-state index contributed by atoms with van der Waals surface area (Å²) in [5.74, 6) is -1.51. The average molecular weight is 527 g/mol. The van der Waals surface area contributed by atoms with Gasteiger partial charge in [-0.15, -0.1) is 0 Å². The highest BCUT2D eigenvalue weighted by atomic mass is 35.5. The van der Waals surface area contributed by atoms with Gasteiger partial charge in [0.25, 0.3) is 5.79 Å². The standard InChI is InChI=1S/C29H35ClN2O5/c1-28(2)14-3-4-21(16-28)35-20-7-5-19(6-8-20)17-32-27-22-13-15-31-18-29(23(22)9-10-24(27)30)36-25(33)11-12-26(34)37-29/h5-10,21,31-32H,3-4,11-18H2,1-2H3. The Balaban J connectivity index is 1.33. The molecule has 0 bridgehead atoms. The van der Waals surface area contributed by atoms with E-state index in [1.807, 2.05) is 12.1 Å². The summed E-state index contributed by atoms with van der Waals surface area (Å²) in [5, 5.41) is 7.28. The van der Waals surface area contributed by atoms with Crippen LogP contribution in [0.25, 0.3) is 0 Å². The SMILES string of the molecule is CC1(C)CCCC(Oc2ccc(CNc3c(Cl)ccc4c3CCNCC43OC(=O)CCC(=O)O3)cc2)C1. The molecule has 3 aliphatic rings. The van der Waals surface area contributed by atoms with Crippen LogP contribution in [0, 0.1) is 5.41 Å². The summed E-state index contributed by atoms with van der Waals surface area (Å²) in [6, 6.07) is 11.7. The number of nitrogens with one attached hydrogen (secondary N) is 2. The topological polar surface area (TPSA) is 85.9 Å². The maximum Gasteiger partial charge on any atom is 0.309 e. The average Bonchev–Trinajstić information content (AvgIpc) is 3.11. The molecule has 37 heavy (non-hydrogen) atoms. The van der Waals surface area contributed by atoms with Crippen LogP contribution < -0.4 is 15.4 Å². The van der Waals surface area contributed by atoms with Crippen molar-refractivity contribution in [3.63, 3.8) is 0 Å². The number of anilines is 1. The minimum Gasteiger partial charge on any atom is -0.490 e. The van der Waals surface area contributed by atoms with E-state index in [-0.39, 0.29) is 25.5 Å². The van der Waals surface area contributed by atoms with Gasteiger partial charge >= 0.3 is 11.9 Å². The van der Waals surface area contributed by atoms with Crippen LogP contribution >= 0.6 is 11.6 Å². The van der Waals surface area contributed by atoms with Gasteiger partial charge in [-0.2, -0.15) is 0 Å². The lowest BCUT2D eigenvalue weighted by Crippen LogP contribution is -2.43. The van der Waals surface area contributed by atoms with E-state index in [4.69, 9.17) is 25.8 Å². The molecule has 7 nitrogen and oxygen atoms in total. The molecule has 0 amide bonds. The third kappa shape index (κ3) is 5.88. The highest BCUT2D eigenvalue weighted by Crippen LogP contribution is 2.41. The summed E-state index contributed by atoms with van der Waals surface area (Å²) in [5.41, 5.74) is 3.69. The van der Waals surface area contributed by atoms with Gasteiger partial charge in [0.1, 0.15) is 5.75 Å². The first-order valence-corrected chi connectivity index (χ1v) is 13.6. The van der Waals surface area contributed by atoms with Crippen molar-refractivity contribution in [2.75, 3.05) is 18.4 Å². The summed E-state index contributed by atoms with van der Waals surface area (Å²) >= 11 is 6.64. The van der Waals surface area contributed by atoms with E-state index < -0.39 is 17.7 Å². The molecule has 2 aliphatic heterocycles. The lowest BCUT2D eigenvalue weighted by atomic mass is 9.76. The first kappa shape index (κ1) is 25.9. The van der Waals surface area contributed by atoms with Crippen molar-refractivity contribution >= 4 is 29.2 Å². The Bertz CT molecular complexity index is 1150.